The number of nitrogens with one attached hydrogen (secondary N) is 1. The van der Waals surface area contributed by atoms with Crippen molar-refractivity contribution in [2.75, 3.05) is 11.1 Å². The third-order valence-electron chi connectivity index (χ3n) is 2.55. The average Bonchev–Trinajstić information content (AvgIpc) is 2.63. The largest absolute Gasteiger partial charge is 0.398 e. The van der Waals surface area contributed by atoms with Crippen LogP contribution in [-0.4, -0.2) is 5.91 Å². The average molecular weight is 281 g/mol. The predicted molar refractivity (Wildman–Crippen MR) is 77.6 cm³/mol. The number of carbonyl (C=O) groups is 1. The number of nitrogen functional groups attached to an aromatic ring is 1. The number of nitrogens with two attached hydrogens (primary N) is 1. The second-order valence-corrected chi connectivity index (χ2v) is 5.72. The summed E-state index contributed by atoms with van der Waals surface area (Å²) >= 11 is 7.43. The molecule has 0 unspecified atom stereocenters. The van der Waals surface area contributed by atoms with Crippen LogP contribution in [0.5, 0.6) is 0 Å². The fraction of sp³-hybridized carbons (Fsp3) is 0.154. The van der Waals surface area contributed by atoms with E-state index in [0.717, 1.165) is 10.4 Å². The highest BCUT2D eigenvalue weighted by Gasteiger charge is 2.12. The summed E-state index contributed by atoms with van der Waals surface area (Å²) in [7, 11) is 0. The van der Waals surface area contributed by atoms with Crippen LogP contribution in [0.15, 0.2) is 24.3 Å². The molecule has 2 rings (SSSR count). The maximum Gasteiger partial charge on any atom is 0.265 e. The van der Waals surface area contributed by atoms with Gasteiger partial charge in [-0.15, -0.1) is 11.3 Å². The van der Waals surface area contributed by atoms with Crippen molar-refractivity contribution in [2.45, 2.75) is 13.8 Å². The molecular formula is C13H13ClN2OS. The van der Waals surface area contributed by atoms with Crippen LogP contribution < -0.4 is 11.1 Å². The smallest absolute Gasteiger partial charge is 0.265 e. The van der Waals surface area contributed by atoms with Gasteiger partial charge in [-0.2, -0.15) is 0 Å². The van der Waals surface area contributed by atoms with Gasteiger partial charge in [0.15, 0.2) is 0 Å². The lowest BCUT2D eigenvalue weighted by atomic mass is 10.2. The lowest BCUT2D eigenvalue weighted by Gasteiger charge is -2.06. The van der Waals surface area contributed by atoms with E-state index in [1.54, 1.807) is 12.1 Å². The van der Waals surface area contributed by atoms with E-state index in [4.69, 9.17) is 17.3 Å². The van der Waals surface area contributed by atoms with Gasteiger partial charge in [-0.3, -0.25) is 4.79 Å². The fourth-order valence-corrected chi connectivity index (χ4v) is 2.63. The van der Waals surface area contributed by atoms with E-state index in [0.29, 0.717) is 21.3 Å². The van der Waals surface area contributed by atoms with E-state index in [1.807, 2.05) is 26.0 Å². The first-order valence-electron chi connectivity index (χ1n) is 5.41. The molecule has 5 heteroatoms. The van der Waals surface area contributed by atoms with Crippen molar-refractivity contribution >= 4 is 40.2 Å². The zero-order valence-electron chi connectivity index (χ0n) is 10.1. The molecule has 3 nitrogen and oxygen atoms in total. The van der Waals surface area contributed by atoms with Crippen LogP contribution in [0.3, 0.4) is 0 Å². The Hall–Kier alpha value is -1.52. The molecule has 0 radical (unpaired) electrons. The number of amides is 1. The maximum absolute atomic E-state index is 12.0. The standard InChI is InChI=1S/C13H13ClN2OS/c1-7-3-4-11(9(14)5-7)16-13(17)12-6-10(15)8(2)18-12/h3-6H,15H2,1-2H3,(H,16,17). The van der Waals surface area contributed by atoms with Crippen LogP contribution in [-0.2, 0) is 0 Å². The number of anilines is 2. The van der Waals surface area contributed by atoms with Gasteiger partial charge < -0.3 is 11.1 Å². The van der Waals surface area contributed by atoms with Crippen LogP contribution in [0.1, 0.15) is 20.1 Å². The predicted octanol–water partition coefficient (Wildman–Crippen LogP) is 3.85. The van der Waals surface area contributed by atoms with Crippen LogP contribution in [0.4, 0.5) is 11.4 Å². The molecule has 0 saturated heterocycles. The van der Waals surface area contributed by atoms with Gasteiger partial charge in [-0.05, 0) is 37.6 Å². The monoisotopic (exact) mass is 280 g/mol. The molecule has 94 valence electrons. The first-order chi connectivity index (χ1) is 8.47. The quantitative estimate of drug-likeness (QED) is 0.878. The highest BCUT2D eigenvalue weighted by Crippen LogP contribution is 2.27. The Morgan fingerprint density at radius 1 is 1.33 bits per heavy atom. The highest BCUT2D eigenvalue weighted by atomic mass is 35.5. The summed E-state index contributed by atoms with van der Waals surface area (Å²) in [5, 5.41) is 3.31. The minimum absolute atomic E-state index is 0.189. The van der Waals surface area contributed by atoms with Crippen molar-refractivity contribution in [2.24, 2.45) is 0 Å². The minimum atomic E-state index is -0.189. The van der Waals surface area contributed by atoms with Gasteiger partial charge in [0, 0.05) is 10.6 Å². The number of halogens is 1. The lowest BCUT2D eigenvalue weighted by molar-refractivity contribution is 0.103. The SMILES string of the molecule is Cc1ccc(NC(=O)c2cc(N)c(C)s2)c(Cl)c1. The Bertz CT molecular complexity index is 588. The van der Waals surface area contributed by atoms with E-state index in [2.05, 4.69) is 5.32 Å². The molecule has 0 bridgehead atoms. The Morgan fingerprint density at radius 2 is 2.06 bits per heavy atom. The summed E-state index contributed by atoms with van der Waals surface area (Å²) in [4.78, 5) is 13.5. The summed E-state index contributed by atoms with van der Waals surface area (Å²) in [6, 6.07) is 7.18. The normalized spacial score (nSPS) is 10.4. The number of thiophene rings is 1. The van der Waals surface area contributed by atoms with Crippen molar-refractivity contribution in [3.8, 4) is 0 Å². The van der Waals surface area contributed by atoms with Gasteiger partial charge in [-0.1, -0.05) is 17.7 Å². The van der Waals surface area contributed by atoms with E-state index in [1.165, 1.54) is 11.3 Å². The number of benzene rings is 1. The van der Waals surface area contributed by atoms with Crippen molar-refractivity contribution in [3.63, 3.8) is 0 Å². The lowest BCUT2D eigenvalue weighted by Crippen LogP contribution is -2.10. The topological polar surface area (TPSA) is 55.1 Å². The van der Waals surface area contributed by atoms with Crippen LogP contribution in [0, 0.1) is 13.8 Å². The Kier molecular flexibility index (Phi) is 3.59. The van der Waals surface area contributed by atoms with Crippen LogP contribution in [0.25, 0.3) is 0 Å². The molecule has 3 N–H and O–H groups in total. The van der Waals surface area contributed by atoms with Crippen LogP contribution >= 0.6 is 22.9 Å². The number of hydrogen-bond acceptors (Lipinski definition) is 3. The molecule has 0 spiro atoms. The summed E-state index contributed by atoms with van der Waals surface area (Å²) in [5.41, 5.74) is 8.02. The molecule has 0 aliphatic rings. The van der Waals surface area contributed by atoms with Crippen molar-refractivity contribution in [1.82, 2.24) is 0 Å². The van der Waals surface area contributed by atoms with E-state index >= 15 is 0 Å². The highest BCUT2D eigenvalue weighted by molar-refractivity contribution is 7.14. The van der Waals surface area contributed by atoms with Gasteiger partial charge in [-0.25, -0.2) is 0 Å². The van der Waals surface area contributed by atoms with Gasteiger partial charge >= 0.3 is 0 Å². The zero-order chi connectivity index (χ0) is 13.3. The van der Waals surface area contributed by atoms with Gasteiger partial charge in [0.1, 0.15) is 0 Å². The van der Waals surface area contributed by atoms with E-state index in [9.17, 15) is 4.79 Å². The second-order valence-electron chi connectivity index (χ2n) is 4.06. The summed E-state index contributed by atoms with van der Waals surface area (Å²) < 4.78 is 0. The van der Waals surface area contributed by atoms with Gasteiger partial charge in [0.05, 0.1) is 15.6 Å². The first kappa shape index (κ1) is 12.9. The van der Waals surface area contributed by atoms with Crippen LogP contribution in [0.2, 0.25) is 5.02 Å². The minimum Gasteiger partial charge on any atom is -0.398 e. The molecule has 0 aliphatic carbocycles. The molecule has 0 aliphatic heterocycles. The summed E-state index contributed by atoms with van der Waals surface area (Å²) in [6.45, 7) is 3.83. The van der Waals surface area contributed by atoms with Gasteiger partial charge in [0.25, 0.3) is 5.91 Å². The van der Waals surface area contributed by atoms with Crippen molar-refractivity contribution in [1.29, 1.82) is 0 Å². The molecule has 18 heavy (non-hydrogen) atoms. The maximum atomic E-state index is 12.0. The number of carbonyl (C=O) groups excluding carboxylic acids is 1. The molecule has 0 fully saturated rings. The van der Waals surface area contributed by atoms with E-state index < -0.39 is 0 Å². The van der Waals surface area contributed by atoms with Crippen molar-refractivity contribution < 1.29 is 4.79 Å². The molecule has 1 heterocycles. The molecular weight excluding hydrogens is 268 g/mol. The van der Waals surface area contributed by atoms with E-state index in [-0.39, 0.29) is 5.91 Å². The number of aryl methyl sites for hydroxylation is 2. The second kappa shape index (κ2) is 5.00. The fourth-order valence-electron chi connectivity index (χ4n) is 1.51. The summed E-state index contributed by atoms with van der Waals surface area (Å²) in [6.07, 6.45) is 0. The molecule has 1 aromatic heterocycles. The third-order valence-corrected chi connectivity index (χ3v) is 3.93. The third kappa shape index (κ3) is 2.66. The van der Waals surface area contributed by atoms with Crippen molar-refractivity contribution in [3.05, 3.63) is 44.6 Å². The molecule has 0 saturated carbocycles. The zero-order valence-corrected chi connectivity index (χ0v) is 11.7. The Morgan fingerprint density at radius 3 is 2.61 bits per heavy atom. The Balaban J connectivity index is 2.21. The first-order valence-corrected chi connectivity index (χ1v) is 6.60. The molecule has 1 amide bonds. The molecule has 0 atom stereocenters. The molecule has 2 aromatic rings. The summed E-state index contributed by atoms with van der Waals surface area (Å²) in [5.74, 6) is -0.189. The van der Waals surface area contributed by atoms with Gasteiger partial charge in [0.2, 0.25) is 0 Å². The number of rotatable bonds is 2. The molecule has 1 aromatic carbocycles. The Labute approximate surface area is 115 Å². The number of hydrogen-bond donors (Lipinski definition) is 2.